The van der Waals surface area contributed by atoms with Crippen LogP contribution in [0.3, 0.4) is 0 Å². The van der Waals surface area contributed by atoms with Crippen molar-refractivity contribution < 1.29 is 0 Å². The van der Waals surface area contributed by atoms with Crippen molar-refractivity contribution in [3.63, 3.8) is 0 Å². The summed E-state index contributed by atoms with van der Waals surface area (Å²) in [6, 6.07) is 10.6. The molecule has 0 aliphatic carbocycles. The molecule has 0 spiro atoms. The summed E-state index contributed by atoms with van der Waals surface area (Å²) in [6.07, 6.45) is 0. The van der Waals surface area contributed by atoms with Gasteiger partial charge in [0.1, 0.15) is 0 Å². The van der Waals surface area contributed by atoms with E-state index in [4.69, 9.17) is 5.73 Å². The van der Waals surface area contributed by atoms with Crippen molar-refractivity contribution in [2.45, 2.75) is 30.0 Å². The molecule has 2 unspecified atom stereocenters. The van der Waals surface area contributed by atoms with Crippen molar-refractivity contribution in [3.8, 4) is 0 Å². The highest BCUT2D eigenvalue weighted by Crippen LogP contribution is 2.43. The fraction of sp³-hybridized carbons (Fsp3) is 0.286. The van der Waals surface area contributed by atoms with Gasteiger partial charge < -0.3 is 5.73 Å². The molecule has 0 amide bonds. The molecule has 0 fully saturated rings. The third-order valence-corrected chi connectivity index (χ3v) is 6.46. The molecule has 0 aliphatic rings. The maximum Gasteiger partial charge on any atom is 0.0589 e. The molecule has 0 bridgehead atoms. The van der Waals surface area contributed by atoms with Gasteiger partial charge in [-0.2, -0.15) is 0 Å². The highest BCUT2D eigenvalue weighted by molar-refractivity contribution is 9.10. The van der Waals surface area contributed by atoms with Crippen molar-refractivity contribution in [2.24, 2.45) is 5.73 Å². The van der Waals surface area contributed by atoms with E-state index in [1.165, 1.54) is 15.3 Å². The number of halogens is 1. The lowest BCUT2D eigenvalue weighted by Crippen LogP contribution is -2.22. The fourth-order valence-corrected chi connectivity index (χ4v) is 4.77. The van der Waals surface area contributed by atoms with Gasteiger partial charge >= 0.3 is 0 Å². The van der Waals surface area contributed by atoms with Gasteiger partial charge in [-0.25, -0.2) is 0 Å². The molecule has 0 saturated heterocycles. The zero-order valence-corrected chi connectivity index (χ0v) is 13.6. The Bertz CT molecular complexity index is 522. The average molecular weight is 342 g/mol. The Labute approximate surface area is 125 Å². The molecule has 18 heavy (non-hydrogen) atoms. The second-order valence-corrected chi connectivity index (χ2v) is 7.28. The number of hydrogen-bond acceptors (Lipinski definition) is 3. The second kappa shape index (κ2) is 6.24. The molecule has 96 valence electrons. The summed E-state index contributed by atoms with van der Waals surface area (Å²) in [4.78, 5) is 2.62. The minimum absolute atomic E-state index is 0.124. The van der Waals surface area contributed by atoms with Gasteiger partial charge in [-0.3, -0.25) is 0 Å². The lowest BCUT2D eigenvalue weighted by atomic mass is 10.1. The molecule has 0 saturated carbocycles. The lowest BCUT2D eigenvalue weighted by molar-refractivity contribution is 0.727. The second-order valence-electron chi connectivity index (χ2n) is 4.30. The van der Waals surface area contributed by atoms with E-state index in [1.54, 1.807) is 11.3 Å². The first-order chi connectivity index (χ1) is 8.59. The number of rotatable bonds is 4. The van der Waals surface area contributed by atoms with Crippen LogP contribution in [0.5, 0.6) is 0 Å². The number of thiophene rings is 1. The average Bonchev–Trinajstić information content (AvgIpc) is 2.74. The zero-order valence-electron chi connectivity index (χ0n) is 10.4. The van der Waals surface area contributed by atoms with Gasteiger partial charge in [0.2, 0.25) is 0 Å². The smallest absolute Gasteiger partial charge is 0.0589 e. The highest BCUT2D eigenvalue weighted by Gasteiger charge is 2.21. The Morgan fingerprint density at radius 2 is 2.00 bits per heavy atom. The summed E-state index contributed by atoms with van der Waals surface area (Å²) < 4.78 is 1.13. The number of aryl methyl sites for hydroxylation is 1. The molecule has 0 aliphatic heterocycles. The van der Waals surface area contributed by atoms with Crippen LogP contribution in [0.15, 0.2) is 45.1 Å². The lowest BCUT2D eigenvalue weighted by Gasteiger charge is -2.20. The van der Waals surface area contributed by atoms with Crippen LogP contribution in [-0.2, 0) is 0 Å². The third-order valence-electron chi connectivity index (χ3n) is 2.73. The number of nitrogens with two attached hydrogens (primary N) is 1. The molecule has 2 atom stereocenters. The molecule has 2 rings (SSSR count). The van der Waals surface area contributed by atoms with Crippen LogP contribution in [0.1, 0.15) is 22.6 Å². The predicted octanol–water partition coefficient (Wildman–Crippen LogP) is 5.00. The van der Waals surface area contributed by atoms with Crippen LogP contribution >= 0.6 is 39.0 Å². The Morgan fingerprint density at radius 3 is 2.56 bits per heavy atom. The summed E-state index contributed by atoms with van der Waals surface area (Å²) in [7, 11) is 0. The van der Waals surface area contributed by atoms with E-state index < -0.39 is 0 Å². The van der Waals surface area contributed by atoms with E-state index in [2.05, 4.69) is 59.4 Å². The van der Waals surface area contributed by atoms with E-state index in [-0.39, 0.29) is 6.04 Å². The minimum atomic E-state index is 0.124. The highest BCUT2D eigenvalue weighted by atomic mass is 79.9. The van der Waals surface area contributed by atoms with Crippen LogP contribution in [0, 0.1) is 6.92 Å². The first-order valence-electron chi connectivity index (χ1n) is 5.80. The predicted molar refractivity (Wildman–Crippen MR) is 85.4 cm³/mol. The SMILES string of the molecule is Cc1ccsc1C(Sc1ccccc1Br)C(C)N. The molecule has 2 N–H and O–H groups in total. The van der Waals surface area contributed by atoms with Crippen LogP contribution in [-0.4, -0.2) is 6.04 Å². The molecule has 2 aromatic rings. The third kappa shape index (κ3) is 3.18. The molecule has 1 heterocycles. The topological polar surface area (TPSA) is 26.0 Å². The van der Waals surface area contributed by atoms with Crippen molar-refractivity contribution in [3.05, 3.63) is 50.6 Å². The van der Waals surface area contributed by atoms with Gasteiger partial charge in [0, 0.05) is 20.3 Å². The van der Waals surface area contributed by atoms with Crippen LogP contribution in [0.4, 0.5) is 0 Å². The maximum atomic E-state index is 6.17. The molecule has 1 aromatic heterocycles. The minimum Gasteiger partial charge on any atom is -0.327 e. The van der Waals surface area contributed by atoms with E-state index in [1.807, 2.05) is 17.8 Å². The molecule has 1 aromatic carbocycles. The summed E-state index contributed by atoms with van der Waals surface area (Å²) in [5.41, 5.74) is 7.50. The Hall–Kier alpha value is -0.290. The zero-order chi connectivity index (χ0) is 13.1. The standard InChI is InChI=1S/C14H16BrNS2/c1-9-7-8-17-13(9)14(10(2)16)18-12-6-4-3-5-11(12)15/h3-8,10,14H,16H2,1-2H3. The van der Waals surface area contributed by atoms with Crippen molar-refractivity contribution in [2.75, 3.05) is 0 Å². The van der Waals surface area contributed by atoms with Gasteiger partial charge in [0.05, 0.1) is 5.25 Å². The molecule has 4 heteroatoms. The fourth-order valence-electron chi connectivity index (χ4n) is 1.75. The molecular weight excluding hydrogens is 326 g/mol. The number of thioether (sulfide) groups is 1. The Kier molecular flexibility index (Phi) is 4.90. The van der Waals surface area contributed by atoms with Crippen LogP contribution in [0.2, 0.25) is 0 Å². The maximum absolute atomic E-state index is 6.17. The Balaban J connectivity index is 2.28. The first kappa shape index (κ1) is 14.1. The Morgan fingerprint density at radius 1 is 1.28 bits per heavy atom. The van der Waals surface area contributed by atoms with Crippen molar-refractivity contribution in [1.82, 2.24) is 0 Å². The quantitative estimate of drug-likeness (QED) is 0.792. The van der Waals surface area contributed by atoms with Crippen molar-refractivity contribution in [1.29, 1.82) is 0 Å². The summed E-state index contributed by atoms with van der Waals surface area (Å²) in [5, 5.41) is 2.45. The summed E-state index contributed by atoms with van der Waals surface area (Å²) in [5.74, 6) is 0. The van der Waals surface area contributed by atoms with E-state index in [0.29, 0.717) is 5.25 Å². The monoisotopic (exact) mass is 341 g/mol. The van der Waals surface area contributed by atoms with E-state index in [0.717, 1.165) is 4.47 Å². The van der Waals surface area contributed by atoms with Crippen LogP contribution < -0.4 is 5.73 Å². The van der Waals surface area contributed by atoms with Gasteiger partial charge in [-0.15, -0.1) is 23.1 Å². The van der Waals surface area contributed by atoms with Crippen molar-refractivity contribution >= 4 is 39.0 Å². The summed E-state index contributed by atoms with van der Waals surface area (Å²) in [6.45, 7) is 4.23. The molecule has 1 nitrogen and oxygen atoms in total. The largest absolute Gasteiger partial charge is 0.327 e. The van der Waals surface area contributed by atoms with E-state index in [9.17, 15) is 0 Å². The van der Waals surface area contributed by atoms with E-state index >= 15 is 0 Å². The number of benzene rings is 1. The van der Waals surface area contributed by atoms with Crippen LogP contribution in [0.25, 0.3) is 0 Å². The van der Waals surface area contributed by atoms with Gasteiger partial charge in [0.25, 0.3) is 0 Å². The van der Waals surface area contributed by atoms with Gasteiger partial charge in [0.15, 0.2) is 0 Å². The number of hydrogen-bond donors (Lipinski definition) is 1. The van der Waals surface area contributed by atoms with Gasteiger partial charge in [-0.05, 0) is 58.9 Å². The first-order valence-corrected chi connectivity index (χ1v) is 8.35. The molecular formula is C14H16BrNS2. The normalized spacial score (nSPS) is 14.4. The summed E-state index contributed by atoms with van der Waals surface area (Å²) >= 11 is 7.23. The molecule has 0 radical (unpaired) electrons. The van der Waals surface area contributed by atoms with Gasteiger partial charge in [-0.1, -0.05) is 12.1 Å².